The maximum Gasteiger partial charge on any atom is 0.280 e. The summed E-state index contributed by atoms with van der Waals surface area (Å²) in [5.74, 6) is -0.320. The van der Waals surface area contributed by atoms with E-state index >= 15 is 0 Å². The first-order chi connectivity index (χ1) is 14.9. The van der Waals surface area contributed by atoms with E-state index in [1.807, 2.05) is 0 Å². The number of carbonyl (C=O) groups is 2. The summed E-state index contributed by atoms with van der Waals surface area (Å²) in [6, 6.07) is 15.6. The summed E-state index contributed by atoms with van der Waals surface area (Å²) in [6.45, 7) is 0. The van der Waals surface area contributed by atoms with E-state index in [1.54, 1.807) is 54.6 Å². The standard InChI is InChI=1S/C21H12ClN3O5S/c22-13-7-5-12(6-8-13)19(26)23-21-24-20(27)18(31-21)11-14-9-10-17(30-14)15-3-1-2-4-16(15)25(28)29/h1-11H,(H,23,24,26,27)/b18-11-. The molecule has 0 radical (unpaired) electrons. The Balaban J connectivity index is 1.54. The second kappa shape index (κ2) is 8.58. The number of para-hydroxylation sites is 1. The van der Waals surface area contributed by atoms with Gasteiger partial charge in [-0.1, -0.05) is 23.7 Å². The van der Waals surface area contributed by atoms with Gasteiger partial charge in [0.2, 0.25) is 0 Å². The second-order valence-corrected chi connectivity index (χ2v) is 7.74. The van der Waals surface area contributed by atoms with E-state index in [-0.39, 0.29) is 15.8 Å². The molecule has 0 atom stereocenters. The SMILES string of the molecule is O=C1NC(=NC(=O)c2ccc(Cl)cc2)S/C1=C\c1ccc(-c2ccccc2[N+](=O)[O-])o1. The largest absolute Gasteiger partial charge is 0.456 e. The highest BCUT2D eigenvalue weighted by molar-refractivity contribution is 8.18. The van der Waals surface area contributed by atoms with Gasteiger partial charge in [-0.25, -0.2) is 0 Å². The molecule has 1 fully saturated rings. The Bertz CT molecular complexity index is 1260. The summed E-state index contributed by atoms with van der Waals surface area (Å²) < 4.78 is 5.67. The number of benzene rings is 2. The van der Waals surface area contributed by atoms with Crippen molar-refractivity contribution in [1.29, 1.82) is 0 Å². The van der Waals surface area contributed by atoms with Gasteiger partial charge in [0.25, 0.3) is 17.5 Å². The van der Waals surface area contributed by atoms with E-state index in [1.165, 1.54) is 12.1 Å². The molecule has 154 valence electrons. The van der Waals surface area contributed by atoms with Crippen LogP contribution in [0.3, 0.4) is 0 Å². The first-order valence-electron chi connectivity index (χ1n) is 8.84. The Hall–Kier alpha value is -3.69. The van der Waals surface area contributed by atoms with Crippen molar-refractivity contribution in [2.45, 2.75) is 0 Å². The number of thioether (sulfide) groups is 1. The van der Waals surface area contributed by atoms with Gasteiger partial charge in [0.05, 0.1) is 15.4 Å². The summed E-state index contributed by atoms with van der Waals surface area (Å²) >= 11 is 6.80. The van der Waals surface area contributed by atoms with Gasteiger partial charge >= 0.3 is 0 Å². The fourth-order valence-electron chi connectivity index (χ4n) is 2.78. The number of hydrogen-bond acceptors (Lipinski definition) is 6. The lowest BCUT2D eigenvalue weighted by molar-refractivity contribution is -0.384. The average molecular weight is 454 g/mol. The molecule has 31 heavy (non-hydrogen) atoms. The zero-order chi connectivity index (χ0) is 22.0. The normalized spacial score (nSPS) is 16.0. The van der Waals surface area contributed by atoms with E-state index in [2.05, 4.69) is 10.3 Å². The summed E-state index contributed by atoms with van der Waals surface area (Å²) in [7, 11) is 0. The van der Waals surface area contributed by atoms with Gasteiger partial charge in [-0.15, -0.1) is 0 Å². The van der Waals surface area contributed by atoms with Crippen LogP contribution in [0.25, 0.3) is 17.4 Å². The summed E-state index contributed by atoms with van der Waals surface area (Å²) in [4.78, 5) is 39.4. The number of nitrogens with zero attached hydrogens (tertiary/aromatic N) is 2. The van der Waals surface area contributed by atoms with Gasteiger partial charge in [-0.3, -0.25) is 19.7 Å². The molecule has 10 heteroatoms. The Labute approximate surface area is 184 Å². The van der Waals surface area contributed by atoms with Crippen LogP contribution in [0, 0.1) is 10.1 Å². The quantitative estimate of drug-likeness (QED) is 0.341. The number of carbonyl (C=O) groups excluding carboxylic acids is 2. The molecule has 0 aliphatic carbocycles. The smallest absolute Gasteiger partial charge is 0.280 e. The highest BCUT2D eigenvalue weighted by atomic mass is 35.5. The van der Waals surface area contributed by atoms with E-state index in [0.717, 1.165) is 11.8 Å². The molecule has 1 aliphatic heterocycles. The number of rotatable bonds is 4. The Morgan fingerprint density at radius 2 is 1.87 bits per heavy atom. The molecule has 2 heterocycles. The van der Waals surface area contributed by atoms with Gasteiger partial charge < -0.3 is 9.73 Å². The van der Waals surface area contributed by atoms with Gasteiger partial charge in [-0.2, -0.15) is 4.99 Å². The molecular weight excluding hydrogens is 442 g/mol. The van der Waals surface area contributed by atoms with Crippen molar-refractivity contribution in [3.05, 3.63) is 92.0 Å². The minimum Gasteiger partial charge on any atom is -0.456 e. The van der Waals surface area contributed by atoms with Crippen LogP contribution in [0.5, 0.6) is 0 Å². The molecule has 1 N–H and O–H groups in total. The van der Waals surface area contributed by atoms with Gasteiger partial charge in [0.1, 0.15) is 11.5 Å². The van der Waals surface area contributed by atoms with Gasteiger partial charge in [0, 0.05) is 22.7 Å². The summed E-state index contributed by atoms with van der Waals surface area (Å²) in [5.41, 5.74) is 0.583. The van der Waals surface area contributed by atoms with Crippen molar-refractivity contribution < 1.29 is 18.9 Å². The number of amidine groups is 1. The first kappa shape index (κ1) is 20.6. The van der Waals surface area contributed by atoms with Crippen LogP contribution in [-0.4, -0.2) is 21.9 Å². The maximum absolute atomic E-state index is 12.2. The molecule has 0 unspecified atom stereocenters. The number of amides is 2. The fourth-order valence-corrected chi connectivity index (χ4v) is 3.70. The topological polar surface area (TPSA) is 115 Å². The monoisotopic (exact) mass is 453 g/mol. The van der Waals surface area contributed by atoms with Crippen molar-refractivity contribution in [2.75, 3.05) is 0 Å². The highest BCUT2D eigenvalue weighted by Gasteiger charge is 2.25. The molecule has 0 spiro atoms. The number of nitro benzene ring substituents is 1. The molecule has 2 aromatic carbocycles. The third-order valence-electron chi connectivity index (χ3n) is 4.21. The number of nitrogens with one attached hydrogen (secondary N) is 1. The lowest BCUT2D eigenvalue weighted by Crippen LogP contribution is -2.20. The van der Waals surface area contributed by atoms with Crippen LogP contribution in [0.2, 0.25) is 5.02 Å². The van der Waals surface area contributed by atoms with Crippen LogP contribution in [0.1, 0.15) is 16.1 Å². The average Bonchev–Trinajstić information content (AvgIpc) is 3.35. The zero-order valence-corrected chi connectivity index (χ0v) is 17.1. The number of hydrogen-bond donors (Lipinski definition) is 1. The van der Waals surface area contributed by atoms with Crippen molar-refractivity contribution in [2.24, 2.45) is 4.99 Å². The molecule has 1 aliphatic rings. The van der Waals surface area contributed by atoms with E-state index in [9.17, 15) is 19.7 Å². The van der Waals surface area contributed by atoms with Crippen LogP contribution in [-0.2, 0) is 4.79 Å². The molecule has 0 saturated carbocycles. The fraction of sp³-hybridized carbons (Fsp3) is 0. The first-order valence-corrected chi connectivity index (χ1v) is 10.0. The lowest BCUT2D eigenvalue weighted by atomic mass is 10.1. The van der Waals surface area contributed by atoms with Crippen molar-refractivity contribution in [1.82, 2.24) is 5.32 Å². The summed E-state index contributed by atoms with van der Waals surface area (Å²) in [6.07, 6.45) is 1.48. The van der Waals surface area contributed by atoms with Crippen molar-refractivity contribution in [3.63, 3.8) is 0 Å². The molecule has 2 amide bonds. The zero-order valence-electron chi connectivity index (χ0n) is 15.6. The number of aliphatic imine (C=N–C) groups is 1. The van der Waals surface area contributed by atoms with E-state index < -0.39 is 16.7 Å². The van der Waals surface area contributed by atoms with Gasteiger partial charge in [0.15, 0.2) is 5.17 Å². The van der Waals surface area contributed by atoms with Crippen molar-refractivity contribution in [3.8, 4) is 11.3 Å². The predicted octanol–water partition coefficient (Wildman–Crippen LogP) is 4.91. The Morgan fingerprint density at radius 3 is 2.61 bits per heavy atom. The third kappa shape index (κ3) is 4.57. The molecule has 1 aromatic heterocycles. The van der Waals surface area contributed by atoms with Crippen LogP contribution in [0.15, 0.2) is 75.0 Å². The molecule has 1 saturated heterocycles. The molecule has 3 aromatic rings. The summed E-state index contributed by atoms with van der Waals surface area (Å²) in [5, 5.41) is 14.4. The number of furan rings is 1. The predicted molar refractivity (Wildman–Crippen MR) is 118 cm³/mol. The minimum absolute atomic E-state index is 0.0841. The Kier molecular flexibility index (Phi) is 5.70. The third-order valence-corrected chi connectivity index (χ3v) is 5.37. The second-order valence-electron chi connectivity index (χ2n) is 6.27. The van der Waals surface area contributed by atoms with Crippen LogP contribution < -0.4 is 5.32 Å². The number of halogens is 1. The molecule has 8 nitrogen and oxygen atoms in total. The lowest BCUT2D eigenvalue weighted by Gasteiger charge is -1.98. The number of nitro groups is 1. The maximum atomic E-state index is 12.2. The van der Waals surface area contributed by atoms with E-state index in [4.69, 9.17) is 16.0 Å². The molecule has 0 bridgehead atoms. The molecule has 4 rings (SSSR count). The highest BCUT2D eigenvalue weighted by Crippen LogP contribution is 2.33. The van der Waals surface area contributed by atoms with Gasteiger partial charge in [-0.05, 0) is 54.2 Å². The molecular formula is C21H12ClN3O5S. The van der Waals surface area contributed by atoms with Crippen LogP contribution in [0.4, 0.5) is 5.69 Å². The Morgan fingerprint density at radius 1 is 1.13 bits per heavy atom. The van der Waals surface area contributed by atoms with Crippen molar-refractivity contribution >= 4 is 52.1 Å². The van der Waals surface area contributed by atoms with Crippen LogP contribution >= 0.6 is 23.4 Å². The minimum atomic E-state index is -0.516. The van der Waals surface area contributed by atoms with E-state index in [0.29, 0.717) is 27.7 Å².